The predicted octanol–water partition coefficient (Wildman–Crippen LogP) is 5.57. The van der Waals surface area contributed by atoms with E-state index in [1.165, 1.54) is 0 Å². The van der Waals surface area contributed by atoms with Gasteiger partial charge in [0.2, 0.25) is 11.8 Å². The number of fused-ring (bicyclic) bond motifs is 1. The second-order valence-electron chi connectivity index (χ2n) is 10.9. The number of hydrogen-bond donors (Lipinski definition) is 1. The summed E-state index contributed by atoms with van der Waals surface area (Å²) in [5, 5.41) is 8.06. The zero-order chi connectivity index (χ0) is 27.6. The van der Waals surface area contributed by atoms with Crippen molar-refractivity contribution in [3.05, 3.63) is 70.9 Å². The van der Waals surface area contributed by atoms with Gasteiger partial charge in [0.25, 0.3) is 0 Å². The minimum absolute atomic E-state index is 0.0229. The van der Waals surface area contributed by atoms with Crippen LogP contribution in [0, 0.1) is 6.92 Å². The Morgan fingerprint density at radius 2 is 1.87 bits per heavy atom. The Morgan fingerprint density at radius 1 is 1.18 bits per heavy atom. The molecule has 0 radical (unpaired) electrons. The highest BCUT2D eigenvalue weighted by Gasteiger charge is 2.40. The molecule has 3 aromatic rings. The second-order valence-corrected chi connectivity index (χ2v) is 11.9. The van der Waals surface area contributed by atoms with Crippen LogP contribution >= 0.6 is 11.8 Å². The molecule has 0 unspecified atom stereocenters. The standard InChI is InChI=1S/C30H38N4O3S/c1-8-20(3)31-24(35)17-33-25(36)18-38-27(23-12-10-9-11-19(23)2)26-28(30(4,5)6)32-34(29(26)33)21-13-15-22(37-7)16-14-21/h9-16,20,27H,8,17-18H2,1-7H3,(H,31,35)/t20-,27+/m1/s1. The highest BCUT2D eigenvalue weighted by atomic mass is 32.2. The van der Waals surface area contributed by atoms with Gasteiger partial charge in [0.15, 0.2) is 0 Å². The number of rotatable bonds is 7. The highest BCUT2D eigenvalue weighted by molar-refractivity contribution is 8.00. The minimum Gasteiger partial charge on any atom is -0.497 e. The Hall–Kier alpha value is -3.26. The maximum Gasteiger partial charge on any atom is 0.240 e. The van der Waals surface area contributed by atoms with Crippen LogP contribution in [-0.4, -0.2) is 47.0 Å². The average Bonchev–Trinajstić information content (AvgIpc) is 3.23. The van der Waals surface area contributed by atoms with Crippen molar-refractivity contribution in [1.29, 1.82) is 0 Å². The summed E-state index contributed by atoms with van der Waals surface area (Å²) in [5.41, 5.74) is 4.69. The lowest BCUT2D eigenvalue weighted by Crippen LogP contribution is -2.44. The van der Waals surface area contributed by atoms with Crippen LogP contribution in [0.5, 0.6) is 5.75 Å². The third kappa shape index (κ3) is 5.60. The summed E-state index contributed by atoms with van der Waals surface area (Å²) >= 11 is 1.60. The van der Waals surface area contributed by atoms with E-state index in [1.54, 1.807) is 23.8 Å². The van der Waals surface area contributed by atoms with Gasteiger partial charge in [0.1, 0.15) is 18.1 Å². The molecule has 8 heteroatoms. The van der Waals surface area contributed by atoms with Gasteiger partial charge in [-0.05, 0) is 55.7 Å². The molecule has 1 aromatic heterocycles. The molecule has 0 saturated heterocycles. The molecule has 1 aliphatic rings. The first-order valence-corrected chi connectivity index (χ1v) is 14.1. The van der Waals surface area contributed by atoms with Gasteiger partial charge in [0.05, 0.1) is 29.5 Å². The van der Waals surface area contributed by atoms with Crippen LogP contribution in [0.4, 0.5) is 5.82 Å². The van der Waals surface area contributed by atoms with Crippen molar-refractivity contribution in [1.82, 2.24) is 15.1 Å². The van der Waals surface area contributed by atoms with Gasteiger partial charge in [-0.25, -0.2) is 4.68 Å². The van der Waals surface area contributed by atoms with Gasteiger partial charge >= 0.3 is 0 Å². The molecule has 2 atom stereocenters. The van der Waals surface area contributed by atoms with Crippen molar-refractivity contribution >= 4 is 29.4 Å². The first-order chi connectivity index (χ1) is 18.0. The number of amides is 2. The number of thioether (sulfide) groups is 1. The van der Waals surface area contributed by atoms with E-state index in [0.717, 1.165) is 40.2 Å². The fraction of sp³-hybridized carbons (Fsp3) is 0.433. The number of benzene rings is 2. The molecule has 4 rings (SSSR count). The predicted molar refractivity (Wildman–Crippen MR) is 155 cm³/mol. The molecule has 0 bridgehead atoms. The third-order valence-electron chi connectivity index (χ3n) is 6.91. The van der Waals surface area contributed by atoms with Gasteiger partial charge in [-0.3, -0.25) is 14.5 Å². The Labute approximate surface area is 229 Å². The van der Waals surface area contributed by atoms with Crippen LogP contribution in [0.1, 0.15) is 68.7 Å². The van der Waals surface area contributed by atoms with Crippen LogP contribution in [0.15, 0.2) is 48.5 Å². The number of nitrogens with one attached hydrogen (secondary N) is 1. The van der Waals surface area contributed by atoms with Crippen LogP contribution in [-0.2, 0) is 15.0 Å². The summed E-state index contributed by atoms with van der Waals surface area (Å²) in [6, 6.07) is 15.9. The van der Waals surface area contributed by atoms with Gasteiger partial charge in [-0.1, -0.05) is 52.0 Å². The number of nitrogens with zero attached hydrogens (tertiary/aromatic N) is 3. The Morgan fingerprint density at radius 3 is 2.47 bits per heavy atom. The lowest BCUT2D eigenvalue weighted by molar-refractivity contribution is -0.123. The topological polar surface area (TPSA) is 76.5 Å². The molecule has 0 aliphatic carbocycles. The number of methoxy groups -OCH3 is 1. The maximum atomic E-state index is 13.7. The van der Waals surface area contributed by atoms with Crippen molar-refractivity contribution < 1.29 is 14.3 Å². The third-order valence-corrected chi connectivity index (χ3v) is 8.15. The first-order valence-electron chi connectivity index (χ1n) is 13.1. The van der Waals surface area contributed by atoms with E-state index in [2.05, 4.69) is 45.1 Å². The van der Waals surface area contributed by atoms with E-state index in [0.29, 0.717) is 5.82 Å². The summed E-state index contributed by atoms with van der Waals surface area (Å²) in [4.78, 5) is 28.5. The fourth-order valence-corrected chi connectivity index (χ4v) is 5.96. The van der Waals surface area contributed by atoms with E-state index >= 15 is 0 Å². The number of carbonyl (C=O) groups excluding carboxylic acids is 2. The molecule has 1 N–H and O–H groups in total. The zero-order valence-corrected chi connectivity index (χ0v) is 24.2. The quantitative estimate of drug-likeness (QED) is 0.429. The van der Waals surface area contributed by atoms with Gasteiger partial charge < -0.3 is 10.1 Å². The van der Waals surface area contributed by atoms with E-state index in [4.69, 9.17) is 9.84 Å². The number of aromatic nitrogens is 2. The van der Waals surface area contributed by atoms with E-state index < -0.39 is 0 Å². The van der Waals surface area contributed by atoms with Crippen molar-refractivity contribution in [3.8, 4) is 11.4 Å². The molecule has 2 aromatic carbocycles. The van der Waals surface area contributed by atoms with E-state index in [1.807, 2.05) is 54.9 Å². The molecule has 1 aliphatic heterocycles. The lowest BCUT2D eigenvalue weighted by Gasteiger charge is -2.25. The van der Waals surface area contributed by atoms with Crippen LogP contribution in [0.25, 0.3) is 5.69 Å². The summed E-state index contributed by atoms with van der Waals surface area (Å²) < 4.78 is 7.21. The minimum atomic E-state index is -0.304. The molecular formula is C30H38N4O3S. The highest BCUT2D eigenvalue weighted by Crippen LogP contribution is 2.49. The number of anilines is 1. The summed E-state index contributed by atoms with van der Waals surface area (Å²) in [5.74, 6) is 1.36. The molecular weight excluding hydrogens is 496 g/mol. The van der Waals surface area contributed by atoms with Crippen molar-refractivity contribution in [2.75, 3.05) is 24.3 Å². The zero-order valence-electron chi connectivity index (χ0n) is 23.4. The maximum absolute atomic E-state index is 13.7. The van der Waals surface area contributed by atoms with Gasteiger partial charge in [0, 0.05) is 17.0 Å². The molecule has 202 valence electrons. The first kappa shape index (κ1) is 27.8. The Bertz CT molecular complexity index is 1310. The largest absolute Gasteiger partial charge is 0.497 e. The summed E-state index contributed by atoms with van der Waals surface area (Å²) in [6.45, 7) is 12.4. The van der Waals surface area contributed by atoms with Gasteiger partial charge in [-0.2, -0.15) is 5.10 Å². The lowest BCUT2D eigenvalue weighted by atomic mass is 9.86. The summed E-state index contributed by atoms with van der Waals surface area (Å²) in [6.07, 6.45) is 0.814. The van der Waals surface area contributed by atoms with E-state index in [-0.39, 0.29) is 40.8 Å². The molecule has 2 amide bonds. The van der Waals surface area contributed by atoms with Crippen LogP contribution in [0.3, 0.4) is 0 Å². The fourth-order valence-electron chi connectivity index (χ4n) is 4.67. The molecule has 0 fully saturated rings. The van der Waals surface area contributed by atoms with Crippen LogP contribution < -0.4 is 15.0 Å². The molecule has 2 heterocycles. The number of hydrogen-bond acceptors (Lipinski definition) is 5. The monoisotopic (exact) mass is 534 g/mol. The summed E-state index contributed by atoms with van der Waals surface area (Å²) in [7, 11) is 1.63. The molecule has 0 spiro atoms. The Kier molecular flexibility index (Phi) is 8.21. The van der Waals surface area contributed by atoms with Crippen molar-refractivity contribution in [2.24, 2.45) is 0 Å². The SMILES string of the molecule is CC[C@@H](C)NC(=O)CN1C(=O)CS[C@@H](c2ccccc2C)c2c(C(C)(C)C)nn(-c3ccc(OC)cc3)c21. The number of carbonyl (C=O) groups is 2. The smallest absolute Gasteiger partial charge is 0.240 e. The Balaban J connectivity index is 1.99. The van der Waals surface area contributed by atoms with Crippen molar-refractivity contribution in [3.63, 3.8) is 0 Å². The molecule has 38 heavy (non-hydrogen) atoms. The normalized spacial score (nSPS) is 16.6. The average molecular weight is 535 g/mol. The number of ether oxygens (including phenoxy) is 1. The second kappa shape index (κ2) is 11.2. The number of aryl methyl sites for hydroxylation is 1. The molecule has 0 saturated carbocycles. The molecule has 7 nitrogen and oxygen atoms in total. The van der Waals surface area contributed by atoms with Crippen LogP contribution in [0.2, 0.25) is 0 Å². The van der Waals surface area contributed by atoms with E-state index in [9.17, 15) is 9.59 Å². The van der Waals surface area contributed by atoms with Crippen molar-refractivity contribution in [2.45, 2.75) is 64.7 Å². The van der Waals surface area contributed by atoms with Gasteiger partial charge in [-0.15, -0.1) is 11.8 Å².